The average molecular weight is 777 g/mol. The Morgan fingerprint density at radius 1 is 1.07 bits per heavy atom. The fourth-order valence-corrected chi connectivity index (χ4v) is 9.94. The minimum Gasteiger partial charge on any atom is -0.496 e. The number of hydrogen-bond donors (Lipinski definition) is 4. The normalized spacial score (nSPS) is 28.1. The van der Waals surface area contributed by atoms with Crippen molar-refractivity contribution >= 4 is 23.4 Å². The lowest BCUT2D eigenvalue weighted by Gasteiger charge is -2.62. The summed E-state index contributed by atoms with van der Waals surface area (Å²) in [6.45, 7) is 10.1. The number of carbonyl (C=O) groups excluding carboxylic acids is 3. The van der Waals surface area contributed by atoms with Crippen molar-refractivity contribution in [2.45, 2.75) is 90.3 Å². The van der Waals surface area contributed by atoms with Crippen molar-refractivity contribution in [3.63, 3.8) is 0 Å². The number of likely N-dealkylation sites (tertiary alicyclic amines) is 1. The molecule has 5 fully saturated rings. The number of nitrogens with zero attached hydrogens (tertiary/aromatic N) is 4. The lowest BCUT2D eigenvalue weighted by Crippen LogP contribution is -2.62. The van der Waals surface area contributed by atoms with E-state index in [-0.39, 0.29) is 42.3 Å². The standard InChI is InChI=1S/C43H64N6O7/c1-25-33-20-30(43(33,3)4)21-34(25)44-41(53)38-37(26(2)51)36(24-50)56-49(38)22-27-13-12-14-32(39(27)55-9)28-17-29(19-31(18-28)47(7)8)40(52)45-35(23-46(5)6)42(54)48-15-10-11-16-48/h12-14,17-19,25-26,30,33-38,50-51H,10-11,15-16,20-24H2,1-9H3,(H,44,53)(H,45,52)/t25-,26-,30+,33-,34-,35+,36-,37+,38-/m0/s1. The summed E-state index contributed by atoms with van der Waals surface area (Å²) in [6, 6.07) is 9.80. The number of hydrogen-bond acceptors (Lipinski definition) is 10. The highest BCUT2D eigenvalue weighted by molar-refractivity contribution is 6.00. The molecule has 4 N–H and O–H groups in total. The topological polar surface area (TPSA) is 147 Å². The van der Waals surface area contributed by atoms with Gasteiger partial charge in [-0.15, -0.1) is 0 Å². The molecule has 3 aliphatic carbocycles. The fraction of sp³-hybridized carbons (Fsp3) is 0.651. The Labute approximate surface area is 332 Å². The molecule has 2 heterocycles. The molecule has 2 aromatic carbocycles. The van der Waals surface area contributed by atoms with Crippen LogP contribution >= 0.6 is 0 Å². The lowest BCUT2D eigenvalue weighted by molar-refractivity contribution is -0.183. The average Bonchev–Trinajstić information content (AvgIpc) is 3.83. The Hall–Kier alpha value is -3.75. The number of ether oxygens (including phenoxy) is 1. The summed E-state index contributed by atoms with van der Waals surface area (Å²) in [4.78, 5) is 53.7. The highest BCUT2D eigenvalue weighted by atomic mass is 16.7. The van der Waals surface area contributed by atoms with E-state index in [0.29, 0.717) is 48.7 Å². The SMILES string of the molecule is COc1c(CN2O[C@@H](CO)[C@@H]([C@H](C)O)[C@H]2C(=O)N[C@H]2C[C@H]3C[C@@H]([C@@H]2C)C3(C)C)cccc1-c1cc(C(=O)N[C@H](CN(C)C)C(=O)N2CCCC2)cc(N(C)C)c1. The van der Waals surface area contributed by atoms with Gasteiger partial charge in [-0.2, -0.15) is 5.06 Å². The van der Waals surface area contributed by atoms with E-state index < -0.39 is 30.2 Å². The van der Waals surface area contributed by atoms with Gasteiger partial charge in [-0.3, -0.25) is 19.2 Å². The van der Waals surface area contributed by atoms with Gasteiger partial charge in [0.2, 0.25) is 11.8 Å². The van der Waals surface area contributed by atoms with Crippen LogP contribution in [0.1, 0.15) is 69.3 Å². The third kappa shape index (κ3) is 8.29. The number of hydroxylamine groups is 2. The number of rotatable bonds is 14. The second-order valence-corrected chi connectivity index (χ2v) is 17.7. The second-order valence-electron chi connectivity index (χ2n) is 17.7. The first kappa shape index (κ1) is 41.9. The molecular formula is C43H64N6O7. The van der Waals surface area contributed by atoms with E-state index in [9.17, 15) is 24.6 Å². The maximum Gasteiger partial charge on any atom is 0.252 e. The van der Waals surface area contributed by atoms with Gasteiger partial charge in [-0.1, -0.05) is 39.0 Å². The van der Waals surface area contributed by atoms with Crippen LogP contribution in [0.3, 0.4) is 0 Å². The smallest absolute Gasteiger partial charge is 0.252 e. The van der Waals surface area contributed by atoms with E-state index in [0.717, 1.165) is 41.6 Å². The zero-order valence-corrected chi connectivity index (χ0v) is 34.7. The molecule has 308 valence electrons. The van der Waals surface area contributed by atoms with Gasteiger partial charge in [-0.05, 0) is 93.6 Å². The summed E-state index contributed by atoms with van der Waals surface area (Å²) in [5, 5.41) is 29.3. The van der Waals surface area contributed by atoms with Gasteiger partial charge < -0.3 is 40.3 Å². The summed E-state index contributed by atoms with van der Waals surface area (Å²) < 4.78 is 6.08. The highest BCUT2D eigenvalue weighted by Crippen LogP contribution is 2.61. The van der Waals surface area contributed by atoms with Crippen molar-refractivity contribution in [2.75, 3.05) is 66.4 Å². The molecule has 2 aliphatic heterocycles. The molecular weight excluding hydrogens is 713 g/mol. The van der Waals surface area contributed by atoms with Gasteiger partial charge in [0.15, 0.2) is 0 Å². The first-order valence-electron chi connectivity index (χ1n) is 20.3. The third-order valence-electron chi connectivity index (χ3n) is 13.3. The molecule has 2 aromatic rings. The van der Waals surface area contributed by atoms with E-state index in [2.05, 4.69) is 31.4 Å². The van der Waals surface area contributed by atoms with Gasteiger partial charge >= 0.3 is 0 Å². The Kier molecular flexibility index (Phi) is 12.7. The monoisotopic (exact) mass is 776 g/mol. The van der Waals surface area contributed by atoms with Gasteiger partial charge in [0.05, 0.1) is 26.4 Å². The number of fused-ring (bicyclic) bond motifs is 2. The minimum atomic E-state index is -0.918. The van der Waals surface area contributed by atoms with Crippen LogP contribution in [0, 0.1) is 29.1 Å². The number of likely N-dealkylation sites (N-methyl/N-ethyl adjacent to an activating group) is 1. The zero-order valence-electron chi connectivity index (χ0n) is 34.7. The summed E-state index contributed by atoms with van der Waals surface area (Å²) >= 11 is 0. The molecule has 5 aliphatic rings. The van der Waals surface area contributed by atoms with Crippen LogP contribution in [0.5, 0.6) is 5.75 Å². The Morgan fingerprint density at radius 2 is 1.79 bits per heavy atom. The number of benzene rings is 2. The van der Waals surface area contributed by atoms with Crippen LogP contribution in [0.15, 0.2) is 36.4 Å². The summed E-state index contributed by atoms with van der Waals surface area (Å²) in [5.41, 5.74) is 3.65. The van der Waals surface area contributed by atoms with Crippen LogP contribution < -0.4 is 20.3 Å². The molecule has 3 saturated carbocycles. The van der Waals surface area contributed by atoms with Gasteiger partial charge in [-0.25, -0.2) is 0 Å². The lowest BCUT2D eigenvalue weighted by atomic mass is 9.45. The van der Waals surface area contributed by atoms with Crippen LogP contribution in [0.25, 0.3) is 11.1 Å². The predicted molar refractivity (Wildman–Crippen MR) is 216 cm³/mol. The van der Waals surface area contributed by atoms with Gasteiger partial charge in [0.25, 0.3) is 5.91 Å². The van der Waals surface area contributed by atoms with Crippen molar-refractivity contribution in [2.24, 2.45) is 29.1 Å². The van der Waals surface area contributed by atoms with Gasteiger partial charge in [0.1, 0.15) is 23.9 Å². The van der Waals surface area contributed by atoms with Crippen molar-refractivity contribution in [3.05, 3.63) is 47.5 Å². The predicted octanol–water partition coefficient (Wildman–Crippen LogP) is 3.37. The van der Waals surface area contributed by atoms with Crippen LogP contribution in [0.2, 0.25) is 0 Å². The first-order chi connectivity index (χ1) is 26.5. The van der Waals surface area contributed by atoms with E-state index in [1.165, 1.54) is 6.42 Å². The Balaban J connectivity index is 1.28. The van der Waals surface area contributed by atoms with Crippen LogP contribution in [-0.2, 0) is 21.0 Å². The maximum atomic E-state index is 14.3. The number of amides is 3. The van der Waals surface area contributed by atoms with Crippen molar-refractivity contribution in [3.8, 4) is 16.9 Å². The summed E-state index contributed by atoms with van der Waals surface area (Å²) in [7, 11) is 9.17. The van der Waals surface area contributed by atoms with E-state index in [4.69, 9.17) is 9.57 Å². The molecule has 0 unspecified atom stereocenters. The quantitative estimate of drug-likeness (QED) is 0.225. The minimum absolute atomic E-state index is 0.0219. The molecule has 7 rings (SSSR count). The molecule has 3 amide bonds. The zero-order chi connectivity index (χ0) is 40.6. The number of aliphatic hydroxyl groups excluding tert-OH is 2. The Morgan fingerprint density at radius 3 is 2.38 bits per heavy atom. The number of nitrogens with one attached hydrogen (secondary N) is 2. The van der Waals surface area contributed by atoms with Crippen molar-refractivity contribution in [1.82, 2.24) is 25.5 Å². The van der Waals surface area contributed by atoms with E-state index in [1.54, 1.807) is 19.1 Å². The number of carbonyl (C=O) groups is 3. The first-order valence-corrected chi connectivity index (χ1v) is 20.3. The number of para-hydroxylation sites is 1. The summed E-state index contributed by atoms with van der Waals surface area (Å²) in [6.07, 6.45) is 2.34. The highest BCUT2D eigenvalue weighted by Gasteiger charge is 2.57. The molecule has 56 heavy (non-hydrogen) atoms. The number of anilines is 1. The maximum absolute atomic E-state index is 14.3. The fourth-order valence-electron chi connectivity index (χ4n) is 9.94. The number of methoxy groups -OCH3 is 1. The Bertz CT molecular complexity index is 1740. The molecule has 2 bridgehead atoms. The molecule has 0 aromatic heterocycles. The molecule has 0 spiro atoms. The van der Waals surface area contributed by atoms with Crippen LogP contribution in [0.4, 0.5) is 5.69 Å². The third-order valence-corrected chi connectivity index (χ3v) is 13.3. The molecule has 0 radical (unpaired) electrons. The van der Waals surface area contributed by atoms with Gasteiger partial charge in [0, 0.05) is 68.1 Å². The van der Waals surface area contributed by atoms with E-state index in [1.807, 2.05) is 79.3 Å². The van der Waals surface area contributed by atoms with Crippen LogP contribution in [-0.4, -0.2) is 135 Å². The molecule has 13 nitrogen and oxygen atoms in total. The number of aliphatic hydroxyl groups is 2. The molecule has 2 saturated heterocycles. The second kappa shape index (κ2) is 17.0. The van der Waals surface area contributed by atoms with Crippen molar-refractivity contribution < 1.29 is 34.2 Å². The van der Waals surface area contributed by atoms with Crippen molar-refractivity contribution in [1.29, 1.82) is 0 Å². The molecule has 13 heteroatoms. The van der Waals surface area contributed by atoms with E-state index >= 15 is 0 Å². The molecule has 9 atom stereocenters. The largest absolute Gasteiger partial charge is 0.496 e. The summed E-state index contributed by atoms with van der Waals surface area (Å²) in [5.74, 6) is 0.653.